The summed E-state index contributed by atoms with van der Waals surface area (Å²) in [6, 6.07) is 18.5. The van der Waals surface area contributed by atoms with Gasteiger partial charge in [-0.15, -0.1) is 6.58 Å². The summed E-state index contributed by atoms with van der Waals surface area (Å²) >= 11 is 0. The van der Waals surface area contributed by atoms with Gasteiger partial charge in [0.25, 0.3) is 0 Å². The summed E-state index contributed by atoms with van der Waals surface area (Å²) in [4.78, 5) is 11.9. The van der Waals surface area contributed by atoms with Crippen LogP contribution in [0.25, 0.3) is 22.2 Å². The molecule has 25 heavy (non-hydrogen) atoms. The summed E-state index contributed by atoms with van der Waals surface area (Å²) in [5.74, 6) is 0.780. The van der Waals surface area contributed by atoms with E-state index in [9.17, 15) is 0 Å². The van der Waals surface area contributed by atoms with E-state index < -0.39 is 0 Å². The Labute approximate surface area is 147 Å². The fourth-order valence-corrected chi connectivity index (χ4v) is 3.27. The molecule has 1 fully saturated rings. The Morgan fingerprint density at radius 1 is 1.08 bits per heavy atom. The lowest BCUT2D eigenvalue weighted by Gasteiger charge is -2.18. The highest BCUT2D eigenvalue weighted by molar-refractivity contribution is 5.93. The van der Waals surface area contributed by atoms with Gasteiger partial charge in [0.2, 0.25) is 5.95 Å². The number of ether oxygens (including phenoxy) is 1. The topological polar surface area (TPSA) is 38.2 Å². The molecule has 4 nitrogen and oxygen atoms in total. The molecule has 2 aromatic carbocycles. The number of hydrogen-bond acceptors (Lipinski definition) is 4. The predicted molar refractivity (Wildman–Crippen MR) is 102 cm³/mol. The molecule has 2 heterocycles. The van der Waals surface area contributed by atoms with Crippen molar-refractivity contribution in [3.63, 3.8) is 0 Å². The van der Waals surface area contributed by atoms with Gasteiger partial charge in [0.1, 0.15) is 0 Å². The maximum absolute atomic E-state index is 5.79. The largest absolute Gasteiger partial charge is 0.372 e. The van der Waals surface area contributed by atoms with Gasteiger partial charge in [-0.25, -0.2) is 9.97 Å². The summed E-state index contributed by atoms with van der Waals surface area (Å²) in [6.45, 7) is 6.04. The highest BCUT2D eigenvalue weighted by atomic mass is 16.5. The molecule has 0 saturated carbocycles. The Hall–Kier alpha value is -2.72. The molecule has 1 aliphatic heterocycles. The van der Waals surface area contributed by atoms with E-state index in [1.807, 2.05) is 30.3 Å². The van der Waals surface area contributed by atoms with Gasteiger partial charge in [-0.1, -0.05) is 54.6 Å². The number of anilines is 1. The number of aromatic nitrogens is 2. The lowest BCUT2D eigenvalue weighted by Crippen LogP contribution is -2.25. The first-order valence-corrected chi connectivity index (χ1v) is 8.65. The zero-order valence-corrected chi connectivity index (χ0v) is 14.1. The van der Waals surface area contributed by atoms with Crippen LogP contribution in [0.2, 0.25) is 0 Å². The highest BCUT2D eigenvalue weighted by Crippen LogP contribution is 2.29. The van der Waals surface area contributed by atoms with E-state index in [1.165, 1.54) is 0 Å². The second kappa shape index (κ2) is 7.03. The number of benzene rings is 2. The fourth-order valence-electron chi connectivity index (χ4n) is 3.27. The maximum Gasteiger partial charge on any atom is 0.226 e. The van der Waals surface area contributed by atoms with E-state index in [0.717, 1.165) is 47.6 Å². The predicted octanol–water partition coefficient (Wildman–Crippen LogP) is 4.08. The summed E-state index contributed by atoms with van der Waals surface area (Å²) in [7, 11) is 0. The highest BCUT2D eigenvalue weighted by Gasteiger charge is 2.25. The van der Waals surface area contributed by atoms with Crippen molar-refractivity contribution in [2.24, 2.45) is 0 Å². The molecule has 4 rings (SSSR count). The smallest absolute Gasteiger partial charge is 0.226 e. The Bertz CT molecular complexity index is 879. The van der Waals surface area contributed by atoms with Gasteiger partial charge in [0.15, 0.2) is 0 Å². The van der Waals surface area contributed by atoms with Crippen molar-refractivity contribution in [3.05, 3.63) is 67.3 Å². The first-order valence-electron chi connectivity index (χ1n) is 8.65. The minimum Gasteiger partial charge on any atom is -0.372 e. The molecule has 0 N–H and O–H groups in total. The van der Waals surface area contributed by atoms with Crippen LogP contribution in [0.5, 0.6) is 0 Å². The van der Waals surface area contributed by atoms with Gasteiger partial charge in [0.05, 0.1) is 23.9 Å². The van der Waals surface area contributed by atoms with E-state index in [0.29, 0.717) is 6.61 Å². The van der Waals surface area contributed by atoms with Gasteiger partial charge < -0.3 is 9.64 Å². The molecule has 1 aromatic heterocycles. The van der Waals surface area contributed by atoms with Crippen molar-refractivity contribution in [3.8, 4) is 11.3 Å². The van der Waals surface area contributed by atoms with Crippen LogP contribution < -0.4 is 4.90 Å². The number of fused-ring (bicyclic) bond motifs is 1. The normalized spacial score (nSPS) is 17.1. The number of nitrogens with zero attached hydrogens (tertiary/aromatic N) is 3. The molecule has 1 unspecified atom stereocenters. The van der Waals surface area contributed by atoms with Crippen LogP contribution in [0.15, 0.2) is 67.3 Å². The Balaban J connectivity index is 1.72. The van der Waals surface area contributed by atoms with Crippen LogP contribution in [-0.4, -0.2) is 35.8 Å². The standard InChI is InChI=1S/C21H21N3O/c1-2-14-25-17-12-13-24(15-17)21-22-19-11-7-6-10-18(19)20(23-21)16-8-4-3-5-9-16/h2-11,17H,1,12-15H2. The molecule has 4 heteroatoms. The van der Waals surface area contributed by atoms with Crippen LogP contribution in [0.1, 0.15) is 6.42 Å². The second-order valence-corrected chi connectivity index (χ2v) is 6.23. The van der Waals surface area contributed by atoms with Crippen molar-refractivity contribution in [1.82, 2.24) is 9.97 Å². The third kappa shape index (κ3) is 3.26. The average Bonchev–Trinajstić information content (AvgIpc) is 3.15. The van der Waals surface area contributed by atoms with Crippen molar-refractivity contribution < 1.29 is 4.74 Å². The Kier molecular flexibility index (Phi) is 4.44. The quantitative estimate of drug-likeness (QED) is 0.660. The molecule has 0 amide bonds. The van der Waals surface area contributed by atoms with Gasteiger partial charge in [-0.3, -0.25) is 0 Å². The molecule has 1 aliphatic rings. The van der Waals surface area contributed by atoms with Crippen LogP contribution >= 0.6 is 0 Å². The summed E-state index contributed by atoms with van der Waals surface area (Å²) < 4.78 is 5.79. The molecule has 0 bridgehead atoms. The monoisotopic (exact) mass is 331 g/mol. The zero-order valence-electron chi connectivity index (χ0n) is 14.1. The molecule has 1 atom stereocenters. The van der Waals surface area contributed by atoms with E-state index in [2.05, 4.69) is 35.7 Å². The summed E-state index contributed by atoms with van der Waals surface area (Å²) in [5.41, 5.74) is 3.07. The lowest BCUT2D eigenvalue weighted by atomic mass is 10.1. The fraction of sp³-hybridized carbons (Fsp3) is 0.238. The maximum atomic E-state index is 5.79. The van der Waals surface area contributed by atoms with Gasteiger partial charge in [-0.2, -0.15) is 0 Å². The first-order chi connectivity index (χ1) is 12.3. The number of rotatable bonds is 5. The Morgan fingerprint density at radius 3 is 2.72 bits per heavy atom. The molecule has 0 aliphatic carbocycles. The second-order valence-electron chi connectivity index (χ2n) is 6.23. The third-order valence-corrected chi connectivity index (χ3v) is 4.52. The van der Waals surface area contributed by atoms with Gasteiger partial charge in [-0.05, 0) is 12.5 Å². The number of hydrogen-bond donors (Lipinski definition) is 0. The lowest BCUT2D eigenvalue weighted by molar-refractivity contribution is 0.0908. The van der Waals surface area contributed by atoms with Crippen molar-refractivity contribution in [2.45, 2.75) is 12.5 Å². The average molecular weight is 331 g/mol. The molecule has 0 spiro atoms. The molecule has 126 valence electrons. The van der Waals surface area contributed by atoms with Crippen molar-refractivity contribution in [2.75, 3.05) is 24.6 Å². The van der Waals surface area contributed by atoms with E-state index in [4.69, 9.17) is 14.7 Å². The van der Waals surface area contributed by atoms with Crippen molar-refractivity contribution in [1.29, 1.82) is 0 Å². The van der Waals surface area contributed by atoms with E-state index in [1.54, 1.807) is 6.08 Å². The SMILES string of the molecule is C=CCOC1CCN(c2nc(-c3ccccc3)c3ccccc3n2)C1. The molecule has 0 radical (unpaired) electrons. The van der Waals surface area contributed by atoms with E-state index >= 15 is 0 Å². The van der Waals surface area contributed by atoms with E-state index in [-0.39, 0.29) is 6.10 Å². The van der Waals surface area contributed by atoms with Crippen LogP contribution in [0.4, 0.5) is 5.95 Å². The minimum atomic E-state index is 0.216. The minimum absolute atomic E-state index is 0.216. The van der Waals surface area contributed by atoms with Crippen LogP contribution in [-0.2, 0) is 4.74 Å². The molecular formula is C21H21N3O. The zero-order chi connectivity index (χ0) is 17.1. The third-order valence-electron chi connectivity index (χ3n) is 4.52. The van der Waals surface area contributed by atoms with Crippen LogP contribution in [0, 0.1) is 0 Å². The molecule has 3 aromatic rings. The molecule has 1 saturated heterocycles. The first kappa shape index (κ1) is 15.8. The van der Waals surface area contributed by atoms with Gasteiger partial charge >= 0.3 is 0 Å². The summed E-state index contributed by atoms with van der Waals surface area (Å²) in [6.07, 6.45) is 3.00. The van der Waals surface area contributed by atoms with Crippen LogP contribution in [0.3, 0.4) is 0 Å². The number of para-hydroxylation sites is 1. The molecular weight excluding hydrogens is 310 g/mol. The Morgan fingerprint density at radius 2 is 1.88 bits per heavy atom. The van der Waals surface area contributed by atoms with Crippen molar-refractivity contribution >= 4 is 16.9 Å². The van der Waals surface area contributed by atoms with Gasteiger partial charge in [0, 0.05) is 24.0 Å². The summed E-state index contributed by atoms with van der Waals surface area (Å²) in [5, 5.41) is 1.08.